The Morgan fingerprint density at radius 2 is 1.76 bits per heavy atom. The second-order valence-corrected chi connectivity index (χ2v) is 6.19. The van der Waals surface area contributed by atoms with Crippen molar-refractivity contribution in [3.05, 3.63) is 78.6 Å². The fourth-order valence-corrected chi connectivity index (χ4v) is 2.87. The van der Waals surface area contributed by atoms with Crippen LogP contribution in [0.1, 0.15) is 17.3 Å². The smallest absolute Gasteiger partial charge is 0.338 e. The van der Waals surface area contributed by atoms with Gasteiger partial charge in [-0.3, -0.25) is 4.98 Å². The molecule has 0 saturated heterocycles. The van der Waals surface area contributed by atoms with Crippen LogP contribution in [0.5, 0.6) is 0 Å². The molecule has 4 aromatic rings. The van der Waals surface area contributed by atoms with Gasteiger partial charge in [-0.05, 0) is 49.4 Å². The fraction of sp³-hybridized carbons (Fsp3) is 0.0909. The van der Waals surface area contributed by atoms with E-state index in [0.29, 0.717) is 23.9 Å². The fourth-order valence-electron chi connectivity index (χ4n) is 2.87. The molecule has 2 heterocycles. The maximum atomic E-state index is 11.7. The highest BCUT2D eigenvalue weighted by molar-refractivity contribution is 5.91. The highest BCUT2D eigenvalue weighted by atomic mass is 16.5. The van der Waals surface area contributed by atoms with E-state index in [1.807, 2.05) is 30.3 Å². The second kappa shape index (κ2) is 8.35. The molecule has 0 aliphatic rings. The lowest BCUT2D eigenvalue weighted by Crippen LogP contribution is -2.04. The molecule has 0 bridgehead atoms. The van der Waals surface area contributed by atoms with Crippen molar-refractivity contribution in [2.45, 2.75) is 6.92 Å². The maximum absolute atomic E-state index is 11.7. The number of anilines is 4. The summed E-state index contributed by atoms with van der Waals surface area (Å²) in [5.41, 5.74) is 2.99. The topological polar surface area (TPSA) is 89.0 Å². The first-order valence-electron chi connectivity index (χ1n) is 9.21. The molecule has 0 spiro atoms. The lowest BCUT2D eigenvalue weighted by Gasteiger charge is -2.10. The number of carbonyl (C=O) groups excluding carboxylic acids is 1. The van der Waals surface area contributed by atoms with Gasteiger partial charge >= 0.3 is 5.97 Å². The molecule has 2 aromatic carbocycles. The number of carbonyl (C=O) groups is 1. The minimum Gasteiger partial charge on any atom is -0.462 e. The lowest BCUT2D eigenvalue weighted by atomic mass is 10.2. The zero-order valence-electron chi connectivity index (χ0n) is 15.8. The summed E-state index contributed by atoms with van der Waals surface area (Å²) < 4.78 is 5.00. The van der Waals surface area contributed by atoms with Crippen LogP contribution in [0.25, 0.3) is 10.9 Å². The van der Waals surface area contributed by atoms with Crippen LogP contribution in [0.15, 0.2) is 73.1 Å². The van der Waals surface area contributed by atoms with E-state index in [4.69, 9.17) is 4.74 Å². The van der Waals surface area contributed by atoms with Gasteiger partial charge in [0.15, 0.2) is 0 Å². The van der Waals surface area contributed by atoms with Crippen LogP contribution in [-0.2, 0) is 4.74 Å². The molecule has 2 N–H and O–H groups in total. The molecule has 0 radical (unpaired) electrons. The van der Waals surface area contributed by atoms with E-state index in [-0.39, 0.29) is 5.97 Å². The molecule has 7 nitrogen and oxygen atoms in total. The Kier molecular flexibility index (Phi) is 5.29. The average Bonchev–Trinajstić information content (AvgIpc) is 2.75. The Morgan fingerprint density at radius 1 is 0.931 bits per heavy atom. The third kappa shape index (κ3) is 4.30. The number of pyridine rings is 1. The first-order chi connectivity index (χ1) is 14.2. The van der Waals surface area contributed by atoms with Gasteiger partial charge in [0.2, 0.25) is 5.95 Å². The third-order valence-corrected chi connectivity index (χ3v) is 4.20. The molecule has 0 amide bonds. The van der Waals surface area contributed by atoms with E-state index < -0.39 is 0 Å². The van der Waals surface area contributed by atoms with Gasteiger partial charge < -0.3 is 15.4 Å². The number of esters is 1. The van der Waals surface area contributed by atoms with Crippen molar-refractivity contribution in [1.82, 2.24) is 15.0 Å². The van der Waals surface area contributed by atoms with Gasteiger partial charge in [0.25, 0.3) is 0 Å². The van der Waals surface area contributed by atoms with Crippen LogP contribution in [-0.4, -0.2) is 27.5 Å². The molecule has 4 rings (SSSR count). The summed E-state index contributed by atoms with van der Waals surface area (Å²) in [6, 6.07) is 18.6. The van der Waals surface area contributed by atoms with Gasteiger partial charge in [-0.1, -0.05) is 18.2 Å². The number of hydrogen-bond donors (Lipinski definition) is 2. The molecular formula is C22H19N5O2. The van der Waals surface area contributed by atoms with Crippen LogP contribution in [0.2, 0.25) is 0 Å². The van der Waals surface area contributed by atoms with Gasteiger partial charge in [-0.2, -0.15) is 4.98 Å². The van der Waals surface area contributed by atoms with E-state index >= 15 is 0 Å². The van der Waals surface area contributed by atoms with Crippen LogP contribution in [0, 0.1) is 0 Å². The predicted octanol–water partition coefficient (Wildman–Crippen LogP) is 4.69. The predicted molar refractivity (Wildman–Crippen MR) is 113 cm³/mol. The van der Waals surface area contributed by atoms with Gasteiger partial charge in [0.05, 0.1) is 23.4 Å². The number of ether oxygens (including phenoxy) is 1. The Labute approximate surface area is 167 Å². The Hall–Kier alpha value is -4.00. The van der Waals surface area contributed by atoms with E-state index in [9.17, 15) is 4.79 Å². The van der Waals surface area contributed by atoms with E-state index in [1.165, 1.54) is 0 Å². The average molecular weight is 385 g/mol. The minimum atomic E-state index is -0.337. The van der Waals surface area contributed by atoms with Crippen molar-refractivity contribution in [1.29, 1.82) is 0 Å². The van der Waals surface area contributed by atoms with Crippen molar-refractivity contribution in [2.75, 3.05) is 17.2 Å². The van der Waals surface area contributed by atoms with Crippen LogP contribution >= 0.6 is 0 Å². The SMILES string of the molecule is CCOC(=O)c1ccc(Nc2ccnc(Nc3cccc4cccnc34)n2)cc1. The van der Waals surface area contributed by atoms with Crippen molar-refractivity contribution in [2.24, 2.45) is 0 Å². The zero-order valence-corrected chi connectivity index (χ0v) is 15.8. The largest absolute Gasteiger partial charge is 0.462 e. The Balaban J connectivity index is 1.51. The zero-order chi connectivity index (χ0) is 20.1. The van der Waals surface area contributed by atoms with E-state index in [1.54, 1.807) is 49.6 Å². The molecule has 0 atom stereocenters. The summed E-state index contributed by atoms with van der Waals surface area (Å²) in [5.74, 6) is 0.743. The minimum absolute atomic E-state index is 0.337. The van der Waals surface area contributed by atoms with Crippen molar-refractivity contribution in [3.63, 3.8) is 0 Å². The molecular weight excluding hydrogens is 366 g/mol. The number of rotatable bonds is 6. The Bertz CT molecular complexity index is 1140. The normalized spacial score (nSPS) is 10.5. The molecule has 0 aliphatic carbocycles. The van der Waals surface area contributed by atoms with Gasteiger partial charge in [-0.15, -0.1) is 0 Å². The van der Waals surface area contributed by atoms with Crippen molar-refractivity contribution < 1.29 is 9.53 Å². The quantitative estimate of drug-likeness (QED) is 0.466. The molecule has 7 heteroatoms. The van der Waals surface area contributed by atoms with Crippen molar-refractivity contribution >= 4 is 40.0 Å². The summed E-state index contributed by atoms with van der Waals surface area (Å²) >= 11 is 0. The van der Waals surface area contributed by atoms with E-state index in [2.05, 4.69) is 25.6 Å². The van der Waals surface area contributed by atoms with Crippen LogP contribution in [0.4, 0.5) is 23.1 Å². The number of hydrogen-bond acceptors (Lipinski definition) is 7. The third-order valence-electron chi connectivity index (χ3n) is 4.20. The summed E-state index contributed by atoms with van der Waals surface area (Å²) in [4.78, 5) is 25.0. The van der Waals surface area contributed by atoms with Crippen LogP contribution < -0.4 is 10.6 Å². The number of benzene rings is 2. The number of para-hydroxylation sites is 1. The molecule has 144 valence electrons. The molecule has 0 aliphatic heterocycles. The van der Waals surface area contributed by atoms with Crippen LogP contribution in [0.3, 0.4) is 0 Å². The summed E-state index contributed by atoms with van der Waals surface area (Å²) in [5, 5.41) is 7.47. The first-order valence-corrected chi connectivity index (χ1v) is 9.21. The standard InChI is InChI=1S/C22H19N5O2/c1-2-29-21(28)16-8-10-17(11-9-16)25-19-12-14-24-22(27-19)26-18-7-3-5-15-6-4-13-23-20(15)18/h3-14H,2H2,1H3,(H2,24,25,26,27). The molecule has 0 saturated carbocycles. The highest BCUT2D eigenvalue weighted by Gasteiger charge is 2.07. The highest BCUT2D eigenvalue weighted by Crippen LogP contribution is 2.24. The molecule has 0 fully saturated rings. The monoisotopic (exact) mass is 385 g/mol. The van der Waals surface area contributed by atoms with Crippen molar-refractivity contribution in [3.8, 4) is 0 Å². The summed E-state index contributed by atoms with van der Waals surface area (Å²) in [6.07, 6.45) is 3.43. The maximum Gasteiger partial charge on any atom is 0.338 e. The van der Waals surface area contributed by atoms with Gasteiger partial charge in [0.1, 0.15) is 5.82 Å². The Morgan fingerprint density at radius 3 is 2.59 bits per heavy atom. The number of fused-ring (bicyclic) bond motifs is 1. The summed E-state index contributed by atoms with van der Waals surface area (Å²) in [7, 11) is 0. The molecule has 0 unspecified atom stereocenters. The number of aromatic nitrogens is 3. The van der Waals surface area contributed by atoms with Gasteiger partial charge in [0, 0.05) is 23.5 Å². The second-order valence-electron chi connectivity index (χ2n) is 6.19. The molecule has 2 aromatic heterocycles. The number of nitrogens with zero attached hydrogens (tertiary/aromatic N) is 3. The van der Waals surface area contributed by atoms with E-state index in [0.717, 1.165) is 22.3 Å². The summed E-state index contributed by atoms with van der Waals surface area (Å²) in [6.45, 7) is 2.13. The molecule has 29 heavy (non-hydrogen) atoms. The van der Waals surface area contributed by atoms with Gasteiger partial charge in [-0.25, -0.2) is 9.78 Å². The lowest BCUT2D eigenvalue weighted by molar-refractivity contribution is 0.0526. The number of nitrogens with one attached hydrogen (secondary N) is 2. The first kappa shape index (κ1) is 18.4.